The molecule has 0 radical (unpaired) electrons. The summed E-state index contributed by atoms with van der Waals surface area (Å²) in [6.45, 7) is 9.19. The van der Waals surface area contributed by atoms with E-state index in [4.69, 9.17) is 9.15 Å². The third kappa shape index (κ3) is 4.13. The van der Waals surface area contributed by atoms with Crippen LogP contribution in [-0.4, -0.2) is 36.1 Å². The monoisotopic (exact) mass is 307 g/mol. The van der Waals surface area contributed by atoms with Gasteiger partial charge in [0.1, 0.15) is 5.76 Å². The van der Waals surface area contributed by atoms with Crippen LogP contribution in [0, 0.1) is 5.92 Å². The van der Waals surface area contributed by atoms with E-state index in [9.17, 15) is 4.79 Å². The molecular weight excluding hydrogens is 278 g/mol. The number of furan rings is 1. The first-order valence-corrected chi connectivity index (χ1v) is 8.23. The van der Waals surface area contributed by atoms with Gasteiger partial charge in [-0.1, -0.05) is 13.8 Å². The van der Waals surface area contributed by atoms with Crippen molar-refractivity contribution in [2.45, 2.75) is 64.5 Å². The van der Waals surface area contributed by atoms with Crippen molar-refractivity contribution >= 4 is 5.91 Å². The Kier molecular flexibility index (Phi) is 5.32. The molecule has 1 aromatic rings. The van der Waals surface area contributed by atoms with Crippen molar-refractivity contribution in [3.8, 4) is 0 Å². The highest BCUT2D eigenvalue weighted by molar-refractivity contribution is 5.77. The number of carbonyl (C=O) groups is 1. The predicted molar refractivity (Wildman–Crippen MR) is 86.7 cm³/mol. The second-order valence-electron chi connectivity index (χ2n) is 7.33. The first-order chi connectivity index (χ1) is 10.3. The van der Waals surface area contributed by atoms with Crippen LogP contribution < -0.4 is 0 Å². The fraction of sp³-hybridized carbons (Fsp3) is 0.722. The molecule has 0 N–H and O–H groups in total. The number of amides is 1. The van der Waals surface area contributed by atoms with Gasteiger partial charge in [0, 0.05) is 32.0 Å². The van der Waals surface area contributed by atoms with Crippen molar-refractivity contribution in [2.24, 2.45) is 5.92 Å². The van der Waals surface area contributed by atoms with E-state index in [0.717, 1.165) is 25.2 Å². The normalized spacial score (nSPS) is 22.5. The summed E-state index contributed by atoms with van der Waals surface area (Å²) in [5.41, 5.74) is -0.143. The molecule has 4 heteroatoms. The molecule has 1 aliphatic rings. The number of nitrogens with zero attached hydrogens (tertiary/aromatic N) is 1. The lowest BCUT2D eigenvalue weighted by atomic mass is 9.88. The first kappa shape index (κ1) is 17.1. The van der Waals surface area contributed by atoms with Gasteiger partial charge in [0.2, 0.25) is 5.91 Å². The van der Waals surface area contributed by atoms with Crippen molar-refractivity contribution < 1.29 is 13.9 Å². The zero-order valence-electron chi connectivity index (χ0n) is 14.5. The van der Waals surface area contributed by atoms with Gasteiger partial charge in [-0.2, -0.15) is 0 Å². The summed E-state index contributed by atoms with van der Waals surface area (Å²) in [5.74, 6) is 1.61. The maximum Gasteiger partial charge on any atom is 0.223 e. The lowest BCUT2D eigenvalue weighted by Crippen LogP contribution is -2.47. The van der Waals surface area contributed by atoms with Crippen LogP contribution in [0.15, 0.2) is 22.8 Å². The van der Waals surface area contributed by atoms with Crippen LogP contribution in [0.2, 0.25) is 0 Å². The van der Waals surface area contributed by atoms with Gasteiger partial charge in [-0.05, 0) is 44.7 Å². The molecule has 4 nitrogen and oxygen atoms in total. The van der Waals surface area contributed by atoms with Crippen molar-refractivity contribution in [1.82, 2.24) is 4.90 Å². The van der Waals surface area contributed by atoms with E-state index in [0.29, 0.717) is 12.3 Å². The molecule has 0 spiro atoms. The fourth-order valence-corrected chi connectivity index (χ4v) is 3.23. The zero-order valence-corrected chi connectivity index (χ0v) is 14.5. The maximum atomic E-state index is 12.7. The molecule has 1 aliphatic heterocycles. The van der Waals surface area contributed by atoms with E-state index in [-0.39, 0.29) is 23.5 Å². The maximum absolute atomic E-state index is 12.7. The molecule has 2 heterocycles. The van der Waals surface area contributed by atoms with Gasteiger partial charge in [0.25, 0.3) is 0 Å². The molecule has 0 aliphatic carbocycles. The van der Waals surface area contributed by atoms with Crippen LogP contribution >= 0.6 is 0 Å². The van der Waals surface area contributed by atoms with Gasteiger partial charge in [-0.25, -0.2) is 0 Å². The van der Waals surface area contributed by atoms with Crippen molar-refractivity contribution in [3.63, 3.8) is 0 Å². The molecule has 2 rings (SSSR count). The standard InChI is InChI=1S/C18H29NO3/c1-13(2)15(16-7-6-9-21-16)11-17(20)19(5)14-8-10-22-18(3,4)12-14/h6-7,9,13-15H,8,10-12H2,1-5H3/t14-,15-/m0/s1. The summed E-state index contributed by atoms with van der Waals surface area (Å²) < 4.78 is 11.3. The second-order valence-corrected chi connectivity index (χ2v) is 7.33. The Bertz CT molecular complexity index is 479. The molecular formula is C18H29NO3. The van der Waals surface area contributed by atoms with Crippen LogP contribution in [0.4, 0.5) is 0 Å². The molecule has 0 unspecified atom stereocenters. The van der Waals surface area contributed by atoms with E-state index < -0.39 is 0 Å². The second kappa shape index (κ2) is 6.86. The third-order valence-corrected chi connectivity index (χ3v) is 4.72. The highest BCUT2D eigenvalue weighted by atomic mass is 16.5. The largest absolute Gasteiger partial charge is 0.469 e. The average Bonchev–Trinajstić information content (AvgIpc) is 2.96. The van der Waals surface area contributed by atoms with Crippen LogP contribution in [0.5, 0.6) is 0 Å². The molecule has 0 bridgehead atoms. The Hall–Kier alpha value is -1.29. The number of hydrogen-bond acceptors (Lipinski definition) is 3. The molecule has 1 amide bonds. The highest BCUT2D eigenvalue weighted by Crippen LogP contribution is 2.31. The SMILES string of the molecule is CC(C)[C@H](CC(=O)N(C)[C@H]1CCOC(C)(C)C1)c1ccco1. The summed E-state index contributed by atoms with van der Waals surface area (Å²) in [6.07, 6.45) is 3.99. The molecule has 124 valence electrons. The summed E-state index contributed by atoms with van der Waals surface area (Å²) >= 11 is 0. The number of ether oxygens (including phenoxy) is 1. The summed E-state index contributed by atoms with van der Waals surface area (Å²) in [5, 5.41) is 0. The Labute approximate surface area is 133 Å². The van der Waals surface area contributed by atoms with Crippen molar-refractivity contribution in [3.05, 3.63) is 24.2 Å². The Morgan fingerprint density at radius 2 is 2.18 bits per heavy atom. The number of rotatable bonds is 5. The summed E-state index contributed by atoms with van der Waals surface area (Å²) in [7, 11) is 1.92. The average molecular weight is 307 g/mol. The van der Waals surface area contributed by atoms with Gasteiger partial charge in [-0.3, -0.25) is 4.79 Å². The number of hydrogen-bond donors (Lipinski definition) is 0. The Balaban J connectivity index is 2.01. The van der Waals surface area contributed by atoms with Gasteiger partial charge < -0.3 is 14.1 Å². The molecule has 2 atom stereocenters. The van der Waals surface area contributed by atoms with E-state index >= 15 is 0 Å². The van der Waals surface area contributed by atoms with Crippen molar-refractivity contribution in [2.75, 3.05) is 13.7 Å². The van der Waals surface area contributed by atoms with Crippen molar-refractivity contribution in [1.29, 1.82) is 0 Å². The minimum atomic E-state index is -0.143. The van der Waals surface area contributed by atoms with Crippen LogP contribution in [-0.2, 0) is 9.53 Å². The van der Waals surface area contributed by atoms with E-state index in [1.54, 1.807) is 6.26 Å². The van der Waals surface area contributed by atoms with E-state index in [1.165, 1.54) is 0 Å². The lowest BCUT2D eigenvalue weighted by Gasteiger charge is -2.40. The first-order valence-electron chi connectivity index (χ1n) is 8.23. The Morgan fingerprint density at radius 3 is 2.73 bits per heavy atom. The topological polar surface area (TPSA) is 42.7 Å². The van der Waals surface area contributed by atoms with E-state index in [2.05, 4.69) is 27.7 Å². The summed E-state index contributed by atoms with van der Waals surface area (Å²) in [6, 6.07) is 4.12. The van der Waals surface area contributed by atoms with Gasteiger partial charge in [0.05, 0.1) is 11.9 Å². The van der Waals surface area contributed by atoms with Gasteiger partial charge in [0.15, 0.2) is 0 Å². The van der Waals surface area contributed by atoms with Crippen LogP contribution in [0.3, 0.4) is 0 Å². The minimum Gasteiger partial charge on any atom is -0.469 e. The molecule has 22 heavy (non-hydrogen) atoms. The lowest BCUT2D eigenvalue weighted by molar-refractivity contribution is -0.138. The van der Waals surface area contributed by atoms with Gasteiger partial charge in [-0.15, -0.1) is 0 Å². The molecule has 1 saturated heterocycles. The number of carbonyl (C=O) groups excluding carboxylic acids is 1. The summed E-state index contributed by atoms with van der Waals surface area (Å²) in [4.78, 5) is 14.6. The minimum absolute atomic E-state index is 0.137. The Morgan fingerprint density at radius 1 is 1.45 bits per heavy atom. The fourth-order valence-electron chi connectivity index (χ4n) is 3.23. The van der Waals surface area contributed by atoms with Crippen LogP contribution in [0.1, 0.15) is 58.6 Å². The molecule has 0 saturated carbocycles. The smallest absolute Gasteiger partial charge is 0.223 e. The third-order valence-electron chi connectivity index (χ3n) is 4.72. The predicted octanol–water partition coefficient (Wildman–Crippen LogP) is 3.83. The van der Waals surface area contributed by atoms with Crippen LogP contribution in [0.25, 0.3) is 0 Å². The molecule has 0 aromatic carbocycles. The molecule has 1 aromatic heterocycles. The van der Waals surface area contributed by atoms with Gasteiger partial charge >= 0.3 is 0 Å². The molecule has 1 fully saturated rings. The zero-order chi connectivity index (χ0) is 16.3. The highest BCUT2D eigenvalue weighted by Gasteiger charge is 2.33. The van der Waals surface area contributed by atoms with E-state index in [1.807, 2.05) is 24.1 Å². The quantitative estimate of drug-likeness (QED) is 0.830.